The number of amides is 1. The molecular weight excluding hydrogens is 390 g/mol. The lowest BCUT2D eigenvalue weighted by Crippen LogP contribution is -2.38. The van der Waals surface area contributed by atoms with Crippen LogP contribution in [0.2, 0.25) is 0 Å². The van der Waals surface area contributed by atoms with Crippen molar-refractivity contribution < 1.29 is 31.9 Å². The van der Waals surface area contributed by atoms with E-state index >= 15 is 0 Å². The van der Waals surface area contributed by atoms with Crippen LogP contribution in [0.4, 0.5) is 24.7 Å². The zero-order chi connectivity index (χ0) is 21.2. The molecule has 1 fully saturated rings. The highest BCUT2D eigenvalue weighted by Crippen LogP contribution is 2.35. The van der Waals surface area contributed by atoms with Crippen molar-refractivity contribution in [3.8, 4) is 0 Å². The molecule has 0 aliphatic carbocycles. The maximum absolute atomic E-state index is 13.1. The summed E-state index contributed by atoms with van der Waals surface area (Å²) in [5.41, 5.74) is -1.10. The van der Waals surface area contributed by atoms with Crippen LogP contribution in [0.3, 0.4) is 0 Å². The Hall–Kier alpha value is -2.98. The van der Waals surface area contributed by atoms with Gasteiger partial charge in [0.25, 0.3) is 5.91 Å². The largest absolute Gasteiger partial charge is 0.468 e. The van der Waals surface area contributed by atoms with Crippen molar-refractivity contribution in [3.05, 3.63) is 35.7 Å². The van der Waals surface area contributed by atoms with Gasteiger partial charge in [0.05, 0.1) is 11.3 Å². The molecule has 3 rings (SSSR count). The quantitative estimate of drug-likeness (QED) is 0.619. The number of carbonyl (C=O) groups excluding carboxylic acids is 2. The van der Waals surface area contributed by atoms with Crippen molar-refractivity contribution in [2.45, 2.75) is 32.0 Å². The van der Waals surface area contributed by atoms with Gasteiger partial charge in [0.2, 0.25) is 0 Å². The van der Waals surface area contributed by atoms with Gasteiger partial charge in [-0.25, -0.2) is 4.98 Å². The number of ether oxygens (including phenoxy) is 1. The summed E-state index contributed by atoms with van der Waals surface area (Å²) in [6.07, 6.45) is -3.19. The van der Waals surface area contributed by atoms with Gasteiger partial charge >= 0.3 is 12.1 Å². The molecule has 2 aromatic heterocycles. The molecule has 0 spiro atoms. The lowest BCUT2D eigenvalue weighted by molar-refractivity contribution is -0.147. The molecule has 1 aliphatic rings. The first-order chi connectivity index (χ1) is 13.6. The fraction of sp³-hybridized carbons (Fsp3) is 0.389. The third-order valence-corrected chi connectivity index (χ3v) is 4.37. The van der Waals surface area contributed by atoms with Crippen molar-refractivity contribution in [3.63, 3.8) is 0 Å². The van der Waals surface area contributed by atoms with Gasteiger partial charge in [0.1, 0.15) is 6.10 Å². The molecule has 11 heteroatoms. The Bertz CT molecular complexity index is 908. The summed E-state index contributed by atoms with van der Waals surface area (Å²) in [4.78, 5) is 29.1. The van der Waals surface area contributed by atoms with Gasteiger partial charge < -0.3 is 19.4 Å². The first-order valence-corrected chi connectivity index (χ1v) is 8.79. The molecule has 0 saturated carbocycles. The summed E-state index contributed by atoms with van der Waals surface area (Å²) in [5, 5.41) is 2.42. The summed E-state index contributed by atoms with van der Waals surface area (Å²) in [5.74, 6) is -1.09. The van der Waals surface area contributed by atoms with Gasteiger partial charge in [0.15, 0.2) is 19.4 Å². The lowest BCUT2D eigenvalue weighted by Gasteiger charge is -2.33. The molecule has 0 aromatic carbocycles. The monoisotopic (exact) mass is 407 g/mol. The molecule has 152 valence electrons. The third kappa shape index (κ3) is 5.10. The predicted octanol–water partition coefficient (Wildman–Crippen LogP) is 2.27. The second-order valence-corrected chi connectivity index (χ2v) is 6.54. The summed E-state index contributed by atoms with van der Waals surface area (Å²) in [6, 6.07) is 3.50. The van der Waals surface area contributed by atoms with Gasteiger partial charge in [-0.05, 0) is 18.2 Å². The number of furan rings is 1. The Kier molecular flexibility index (Phi) is 5.85. The first-order valence-electron chi connectivity index (χ1n) is 8.79. The highest BCUT2D eigenvalue weighted by molar-refractivity contribution is 6.30. The number of pyridine rings is 1. The minimum Gasteiger partial charge on any atom is -0.468 e. The van der Waals surface area contributed by atoms with Crippen LogP contribution in [0.25, 0.3) is 0 Å². The molecule has 1 N–H and O–H groups in total. The zero-order valence-corrected chi connectivity index (χ0v) is 15.5. The van der Waals surface area contributed by atoms with E-state index in [1.807, 2.05) is 0 Å². The van der Waals surface area contributed by atoms with Crippen molar-refractivity contribution in [1.29, 1.82) is 0 Å². The number of aromatic nitrogens is 1. The maximum Gasteiger partial charge on any atom is 0.417 e. The van der Waals surface area contributed by atoms with Crippen LogP contribution in [0.1, 0.15) is 35.9 Å². The van der Waals surface area contributed by atoms with Gasteiger partial charge in [-0.2, -0.15) is 13.2 Å². The molecule has 2 radical (unpaired) electrons. The maximum atomic E-state index is 13.1. The van der Waals surface area contributed by atoms with E-state index in [2.05, 4.69) is 10.3 Å². The Labute approximate surface area is 165 Å². The molecule has 7 nitrogen and oxygen atoms in total. The predicted molar refractivity (Wildman–Crippen MR) is 98.3 cm³/mol. The molecule has 0 atom stereocenters. The number of esters is 1. The van der Waals surface area contributed by atoms with E-state index in [4.69, 9.17) is 17.0 Å². The standard InChI is InChI=1S/C18H17BF3N3O4/c1-10(26)28-12-4-6-25(7-5-12)16-13(8-11(9-23-16)18(20,21)22)24-17(27)14-2-3-15(19)29-14/h2-3,8-9,12H,4-7H2,1H3,(H,24,27). The molecule has 0 bridgehead atoms. The number of nitrogens with one attached hydrogen (secondary N) is 1. The minimum atomic E-state index is -4.62. The second-order valence-electron chi connectivity index (χ2n) is 6.54. The van der Waals surface area contributed by atoms with Gasteiger partial charge in [0, 0.05) is 44.7 Å². The minimum absolute atomic E-state index is 0.00471. The van der Waals surface area contributed by atoms with Crippen LogP contribution in [0.15, 0.2) is 28.8 Å². The van der Waals surface area contributed by atoms with Crippen LogP contribution < -0.4 is 15.9 Å². The third-order valence-electron chi connectivity index (χ3n) is 4.37. The van der Waals surface area contributed by atoms with Crippen molar-refractivity contribution >= 4 is 36.9 Å². The van der Waals surface area contributed by atoms with Crippen LogP contribution in [-0.2, 0) is 15.7 Å². The Balaban J connectivity index is 1.84. The lowest BCUT2D eigenvalue weighted by atomic mass is 10.1. The average Bonchev–Trinajstić information content (AvgIpc) is 3.08. The van der Waals surface area contributed by atoms with E-state index in [-0.39, 0.29) is 35.0 Å². The number of anilines is 2. The van der Waals surface area contributed by atoms with Gasteiger partial charge in [-0.3, -0.25) is 9.59 Å². The number of piperidine rings is 1. The molecule has 1 saturated heterocycles. The van der Waals surface area contributed by atoms with E-state index < -0.39 is 17.6 Å². The number of halogens is 3. The molecule has 3 heterocycles. The van der Waals surface area contributed by atoms with Crippen molar-refractivity contribution in [1.82, 2.24) is 4.98 Å². The molecular formula is C18H17BF3N3O4. The van der Waals surface area contributed by atoms with Crippen LogP contribution in [0, 0.1) is 0 Å². The molecule has 1 amide bonds. The summed E-state index contributed by atoms with van der Waals surface area (Å²) in [7, 11) is 5.43. The zero-order valence-electron chi connectivity index (χ0n) is 15.5. The van der Waals surface area contributed by atoms with E-state index in [1.54, 1.807) is 4.90 Å². The summed E-state index contributed by atoms with van der Waals surface area (Å²) < 4.78 is 49.6. The van der Waals surface area contributed by atoms with Gasteiger partial charge in [-0.1, -0.05) is 0 Å². The highest BCUT2D eigenvalue weighted by Gasteiger charge is 2.33. The van der Waals surface area contributed by atoms with E-state index in [0.29, 0.717) is 32.1 Å². The number of hydrogen-bond acceptors (Lipinski definition) is 6. The molecule has 1 aliphatic heterocycles. The Morgan fingerprint density at radius 1 is 1.31 bits per heavy atom. The van der Waals surface area contributed by atoms with Crippen LogP contribution in [0.5, 0.6) is 0 Å². The van der Waals surface area contributed by atoms with E-state index in [1.165, 1.54) is 19.1 Å². The Morgan fingerprint density at radius 3 is 2.55 bits per heavy atom. The molecule has 29 heavy (non-hydrogen) atoms. The van der Waals surface area contributed by atoms with E-state index in [0.717, 1.165) is 6.07 Å². The smallest absolute Gasteiger partial charge is 0.417 e. The number of alkyl halides is 3. The fourth-order valence-electron chi connectivity index (χ4n) is 3.04. The number of carbonyl (C=O) groups is 2. The number of nitrogens with zero attached hydrogens (tertiary/aromatic N) is 2. The van der Waals surface area contributed by atoms with Crippen molar-refractivity contribution in [2.75, 3.05) is 23.3 Å². The van der Waals surface area contributed by atoms with Crippen molar-refractivity contribution in [2.24, 2.45) is 0 Å². The fourth-order valence-corrected chi connectivity index (χ4v) is 3.04. The van der Waals surface area contributed by atoms with E-state index in [9.17, 15) is 22.8 Å². The Morgan fingerprint density at radius 2 is 2.00 bits per heavy atom. The van der Waals surface area contributed by atoms with Crippen LogP contribution in [-0.4, -0.2) is 43.9 Å². The average molecular weight is 407 g/mol. The number of rotatable bonds is 4. The van der Waals surface area contributed by atoms with Gasteiger partial charge in [-0.15, -0.1) is 0 Å². The number of hydrogen-bond donors (Lipinski definition) is 1. The summed E-state index contributed by atoms with van der Waals surface area (Å²) in [6.45, 7) is 2.11. The molecule has 0 unspecified atom stereocenters. The topological polar surface area (TPSA) is 84.7 Å². The summed E-state index contributed by atoms with van der Waals surface area (Å²) >= 11 is 0. The second kappa shape index (κ2) is 8.18. The van der Waals surface area contributed by atoms with Crippen LogP contribution >= 0.6 is 0 Å². The SMILES string of the molecule is [B]c1ccc(C(=O)Nc2cc(C(F)(F)F)cnc2N2CCC(OC(C)=O)CC2)o1. The molecule has 2 aromatic rings. The normalized spacial score (nSPS) is 15.2. The first kappa shape index (κ1) is 20.8. The highest BCUT2D eigenvalue weighted by atomic mass is 19.4.